The van der Waals surface area contributed by atoms with Crippen molar-refractivity contribution in [2.75, 3.05) is 27.3 Å². The number of nitrogens with one attached hydrogen (secondary N) is 1. The van der Waals surface area contributed by atoms with Crippen LogP contribution in [0.25, 0.3) is 0 Å². The fourth-order valence-corrected chi connectivity index (χ4v) is 4.66. The maximum atomic E-state index is 12.9. The third kappa shape index (κ3) is 5.84. The van der Waals surface area contributed by atoms with Gasteiger partial charge in [0.2, 0.25) is 10.0 Å². The number of para-hydroxylation sites is 1. The quantitative estimate of drug-likeness (QED) is 0.640. The Labute approximate surface area is 184 Å². The average Bonchev–Trinajstić information content (AvgIpc) is 3.31. The van der Waals surface area contributed by atoms with Gasteiger partial charge in [0.15, 0.2) is 0 Å². The van der Waals surface area contributed by atoms with Gasteiger partial charge in [0.05, 0.1) is 18.1 Å². The number of hydrogen-bond acceptors (Lipinski definition) is 5. The second-order valence-corrected chi connectivity index (χ2v) is 9.56. The van der Waals surface area contributed by atoms with Gasteiger partial charge in [-0.05, 0) is 62.1 Å². The van der Waals surface area contributed by atoms with Gasteiger partial charge in [0.1, 0.15) is 5.75 Å². The summed E-state index contributed by atoms with van der Waals surface area (Å²) in [5, 5.41) is 0. The van der Waals surface area contributed by atoms with Crippen molar-refractivity contribution in [2.45, 2.75) is 43.2 Å². The van der Waals surface area contributed by atoms with E-state index in [1.807, 2.05) is 31.2 Å². The van der Waals surface area contributed by atoms with Gasteiger partial charge in [-0.3, -0.25) is 4.79 Å². The molecule has 0 bridgehead atoms. The van der Waals surface area contributed by atoms with Crippen LogP contribution in [0.15, 0.2) is 53.4 Å². The number of sulfonamides is 1. The van der Waals surface area contributed by atoms with Crippen LogP contribution in [0.5, 0.6) is 5.75 Å². The highest BCUT2D eigenvalue weighted by atomic mass is 32.2. The molecule has 0 aliphatic carbocycles. The average molecular weight is 447 g/mol. The molecule has 2 aromatic rings. The van der Waals surface area contributed by atoms with Crippen molar-refractivity contribution in [3.63, 3.8) is 0 Å². The molecule has 0 aromatic heterocycles. The minimum absolute atomic E-state index is 0.0692. The summed E-state index contributed by atoms with van der Waals surface area (Å²) in [4.78, 5) is 14.7. The maximum absolute atomic E-state index is 12.9. The highest BCUT2D eigenvalue weighted by Gasteiger charge is 2.22. The van der Waals surface area contributed by atoms with Crippen molar-refractivity contribution < 1.29 is 22.7 Å². The number of ether oxygens (including phenoxy) is 2. The van der Waals surface area contributed by atoms with E-state index >= 15 is 0 Å². The maximum Gasteiger partial charge on any atom is 0.253 e. The van der Waals surface area contributed by atoms with Crippen molar-refractivity contribution in [1.82, 2.24) is 9.62 Å². The van der Waals surface area contributed by atoms with Gasteiger partial charge in [0.25, 0.3) is 5.91 Å². The van der Waals surface area contributed by atoms with Gasteiger partial charge < -0.3 is 14.4 Å². The van der Waals surface area contributed by atoms with E-state index in [2.05, 4.69) is 4.72 Å². The monoisotopic (exact) mass is 446 g/mol. The van der Waals surface area contributed by atoms with E-state index in [1.54, 1.807) is 31.2 Å². The number of hydrogen-bond donors (Lipinski definition) is 1. The number of carbonyl (C=O) groups is 1. The molecular weight excluding hydrogens is 416 g/mol. The SMILES string of the molecule is COc1ccccc1C[C@@H](C)N(C)C(=O)c1ccc(S(=O)(=O)NC[C@H]2CCCO2)cc1. The van der Waals surface area contributed by atoms with Gasteiger partial charge in [-0.25, -0.2) is 13.1 Å². The third-order valence-corrected chi connectivity index (χ3v) is 7.07. The molecule has 1 aliphatic rings. The molecule has 31 heavy (non-hydrogen) atoms. The Balaban J connectivity index is 1.63. The molecule has 0 radical (unpaired) electrons. The van der Waals surface area contributed by atoms with E-state index < -0.39 is 10.0 Å². The summed E-state index contributed by atoms with van der Waals surface area (Å²) in [7, 11) is -0.269. The molecule has 1 amide bonds. The largest absolute Gasteiger partial charge is 0.496 e. The predicted octanol–water partition coefficient (Wildman–Crippen LogP) is 2.86. The van der Waals surface area contributed by atoms with E-state index in [4.69, 9.17) is 9.47 Å². The molecule has 0 unspecified atom stereocenters. The van der Waals surface area contributed by atoms with Crippen molar-refractivity contribution in [1.29, 1.82) is 0 Å². The van der Waals surface area contributed by atoms with Crippen LogP contribution in [-0.2, 0) is 21.2 Å². The zero-order chi connectivity index (χ0) is 22.4. The number of likely N-dealkylation sites (N-methyl/N-ethyl adjacent to an activating group) is 1. The van der Waals surface area contributed by atoms with Crippen LogP contribution in [0.4, 0.5) is 0 Å². The predicted molar refractivity (Wildman–Crippen MR) is 119 cm³/mol. The lowest BCUT2D eigenvalue weighted by atomic mass is 10.0. The normalized spacial score (nSPS) is 17.3. The molecule has 3 rings (SSSR count). The summed E-state index contributed by atoms with van der Waals surface area (Å²) >= 11 is 0. The topological polar surface area (TPSA) is 84.9 Å². The number of nitrogens with zero attached hydrogens (tertiary/aromatic N) is 1. The van der Waals surface area contributed by atoms with Gasteiger partial charge in [-0.15, -0.1) is 0 Å². The van der Waals surface area contributed by atoms with Crippen molar-refractivity contribution in [3.8, 4) is 5.75 Å². The molecule has 1 N–H and O–H groups in total. The number of carbonyl (C=O) groups excluding carboxylic acids is 1. The van der Waals surface area contributed by atoms with Crippen molar-refractivity contribution in [2.24, 2.45) is 0 Å². The van der Waals surface area contributed by atoms with Gasteiger partial charge >= 0.3 is 0 Å². The third-order valence-electron chi connectivity index (χ3n) is 5.63. The fourth-order valence-electron chi connectivity index (χ4n) is 3.60. The second-order valence-electron chi connectivity index (χ2n) is 7.79. The summed E-state index contributed by atoms with van der Waals surface area (Å²) in [6.07, 6.45) is 2.38. The number of rotatable bonds is 9. The number of benzene rings is 2. The van der Waals surface area contributed by atoms with Crippen LogP contribution in [0, 0.1) is 0 Å². The highest BCUT2D eigenvalue weighted by molar-refractivity contribution is 7.89. The summed E-state index contributed by atoms with van der Waals surface area (Å²) in [5.41, 5.74) is 1.46. The Morgan fingerprint density at radius 1 is 1.23 bits per heavy atom. The molecular formula is C23H30N2O5S. The molecule has 0 spiro atoms. The lowest BCUT2D eigenvalue weighted by molar-refractivity contribution is 0.0743. The Bertz CT molecular complexity index is 985. The summed E-state index contributed by atoms with van der Waals surface area (Å²) in [6, 6.07) is 13.7. The van der Waals surface area contributed by atoms with Crippen LogP contribution in [0.1, 0.15) is 35.7 Å². The Morgan fingerprint density at radius 2 is 1.94 bits per heavy atom. The molecule has 7 nitrogen and oxygen atoms in total. The lowest BCUT2D eigenvalue weighted by Gasteiger charge is -2.26. The molecule has 0 saturated carbocycles. The first kappa shape index (κ1) is 23.2. The molecule has 1 fully saturated rings. The highest BCUT2D eigenvalue weighted by Crippen LogP contribution is 2.21. The minimum atomic E-state index is -3.64. The fraction of sp³-hybridized carbons (Fsp3) is 0.435. The Morgan fingerprint density at radius 3 is 2.58 bits per heavy atom. The molecule has 1 saturated heterocycles. The smallest absolute Gasteiger partial charge is 0.253 e. The lowest BCUT2D eigenvalue weighted by Crippen LogP contribution is -2.36. The summed E-state index contributed by atoms with van der Waals surface area (Å²) in [5.74, 6) is 0.624. The molecule has 1 heterocycles. The van der Waals surface area contributed by atoms with Crippen LogP contribution < -0.4 is 9.46 Å². The summed E-state index contributed by atoms with van der Waals surface area (Å²) < 4.78 is 38.4. The van der Waals surface area contributed by atoms with Gasteiger partial charge in [-0.2, -0.15) is 0 Å². The zero-order valence-corrected chi connectivity index (χ0v) is 19.0. The first-order valence-electron chi connectivity index (χ1n) is 10.4. The van der Waals surface area contributed by atoms with Gasteiger partial charge in [0, 0.05) is 31.8 Å². The van der Waals surface area contributed by atoms with E-state index in [1.165, 1.54) is 12.1 Å². The van der Waals surface area contributed by atoms with Crippen molar-refractivity contribution >= 4 is 15.9 Å². The Hall–Kier alpha value is -2.42. The van der Waals surface area contributed by atoms with Gasteiger partial charge in [-0.1, -0.05) is 18.2 Å². The van der Waals surface area contributed by atoms with Crippen LogP contribution in [0.2, 0.25) is 0 Å². The molecule has 2 atom stereocenters. The van der Waals surface area contributed by atoms with E-state index in [-0.39, 0.29) is 29.5 Å². The molecule has 1 aliphatic heterocycles. The first-order valence-corrected chi connectivity index (χ1v) is 11.9. The first-order chi connectivity index (χ1) is 14.8. The Kier molecular flexibility index (Phi) is 7.69. The van der Waals surface area contributed by atoms with Crippen molar-refractivity contribution in [3.05, 3.63) is 59.7 Å². The summed E-state index contributed by atoms with van der Waals surface area (Å²) in [6.45, 7) is 2.90. The second kappa shape index (κ2) is 10.3. The molecule has 2 aromatic carbocycles. The van der Waals surface area contributed by atoms with Crippen LogP contribution in [0.3, 0.4) is 0 Å². The minimum Gasteiger partial charge on any atom is -0.496 e. The zero-order valence-electron chi connectivity index (χ0n) is 18.2. The number of methoxy groups -OCH3 is 1. The van der Waals surface area contributed by atoms with E-state index in [0.717, 1.165) is 24.2 Å². The van der Waals surface area contributed by atoms with Crippen LogP contribution >= 0.6 is 0 Å². The molecule has 8 heteroatoms. The molecule has 168 valence electrons. The number of amides is 1. The van der Waals surface area contributed by atoms with E-state index in [9.17, 15) is 13.2 Å². The standard InChI is InChI=1S/C23H30N2O5S/c1-17(15-19-7-4-5-9-22(19)29-3)25(2)23(26)18-10-12-21(13-11-18)31(27,28)24-16-20-8-6-14-30-20/h4-5,7,9-13,17,20,24H,6,8,14-16H2,1-3H3/t17-,20-/m1/s1. The van der Waals surface area contributed by atoms with Crippen LogP contribution in [-0.4, -0.2) is 58.7 Å². The van der Waals surface area contributed by atoms with E-state index in [0.29, 0.717) is 18.6 Å².